The maximum Gasteiger partial charge on any atom is 0.404 e. The second kappa shape index (κ2) is 10.1. The van der Waals surface area contributed by atoms with Crippen LogP contribution in [0.5, 0.6) is 5.75 Å². The van der Waals surface area contributed by atoms with Crippen molar-refractivity contribution in [1.82, 2.24) is 34.1 Å². The van der Waals surface area contributed by atoms with Gasteiger partial charge in [-0.15, -0.1) is 0 Å². The molecule has 2 N–H and O–H groups in total. The number of nitrogens with one attached hydrogen (secondary N) is 1. The van der Waals surface area contributed by atoms with E-state index in [2.05, 4.69) is 49.9 Å². The van der Waals surface area contributed by atoms with Gasteiger partial charge in [-0.05, 0) is 61.8 Å². The predicted octanol–water partition coefficient (Wildman–Crippen LogP) is 4.73. The van der Waals surface area contributed by atoms with Gasteiger partial charge in [0.1, 0.15) is 11.3 Å². The molecule has 3 atom stereocenters. The molecule has 2 amide bonds. The summed E-state index contributed by atoms with van der Waals surface area (Å²) in [6.07, 6.45) is 6.99. The van der Waals surface area contributed by atoms with Gasteiger partial charge in [0.15, 0.2) is 5.82 Å². The minimum absolute atomic E-state index is 0.124. The lowest BCUT2D eigenvalue weighted by Crippen LogP contribution is -2.45. The van der Waals surface area contributed by atoms with Crippen LogP contribution in [0.15, 0.2) is 54.9 Å². The number of nitrogens with zero attached hydrogens (tertiary/aromatic N) is 6. The molecule has 226 valence electrons. The minimum atomic E-state index is -1.05. The first-order chi connectivity index (χ1) is 21.4. The first-order valence-corrected chi connectivity index (χ1v) is 15.3. The van der Waals surface area contributed by atoms with Crippen LogP contribution >= 0.6 is 0 Å². The maximum atomic E-state index is 14.0. The third-order valence-electron chi connectivity index (χ3n) is 9.69. The summed E-state index contributed by atoms with van der Waals surface area (Å²) < 4.78 is 12.3. The van der Waals surface area contributed by atoms with Gasteiger partial charge in [-0.2, -0.15) is 5.10 Å². The predicted molar refractivity (Wildman–Crippen MR) is 165 cm³/mol. The number of aryl methyl sites for hydroxylation is 1. The lowest BCUT2D eigenvalue weighted by molar-refractivity contribution is 0.0697. The smallest absolute Gasteiger partial charge is 0.404 e. The number of imidazole rings is 1. The molecular formula is C33H35N7O4. The van der Waals surface area contributed by atoms with E-state index >= 15 is 0 Å². The van der Waals surface area contributed by atoms with E-state index in [1.165, 1.54) is 23.7 Å². The number of carbonyl (C=O) groups excluding carboxylic acids is 1. The van der Waals surface area contributed by atoms with E-state index in [1.807, 2.05) is 30.4 Å². The molecule has 1 aliphatic heterocycles. The first kappa shape index (κ1) is 26.8. The minimum Gasteiger partial charge on any atom is -0.494 e. The van der Waals surface area contributed by atoms with Crippen LogP contribution in [0.1, 0.15) is 41.6 Å². The third-order valence-corrected chi connectivity index (χ3v) is 9.69. The van der Waals surface area contributed by atoms with E-state index in [4.69, 9.17) is 9.72 Å². The molecule has 0 unspecified atom stereocenters. The van der Waals surface area contributed by atoms with Crippen LogP contribution in [0.25, 0.3) is 33.5 Å². The van der Waals surface area contributed by atoms with Gasteiger partial charge in [-0.3, -0.25) is 9.48 Å². The van der Waals surface area contributed by atoms with Gasteiger partial charge in [-0.1, -0.05) is 18.2 Å². The first-order valence-electron chi connectivity index (χ1n) is 15.3. The number of methoxy groups -OCH3 is 1. The summed E-state index contributed by atoms with van der Waals surface area (Å²) in [5, 5.41) is 17.6. The highest BCUT2D eigenvalue weighted by Crippen LogP contribution is 2.41. The Balaban J connectivity index is 1.27. The number of ether oxygens (including phenoxy) is 1. The molecule has 44 heavy (non-hydrogen) atoms. The fourth-order valence-corrected chi connectivity index (χ4v) is 7.50. The average Bonchev–Trinajstić information content (AvgIpc) is 3.31. The monoisotopic (exact) mass is 593 g/mol. The average molecular weight is 594 g/mol. The number of piperidine rings is 1. The number of carboxylic acid groups (broad SMARTS) is 1. The van der Waals surface area contributed by atoms with Crippen LogP contribution in [0.2, 0.25) is 0 Å². The van der Waals surface area contributed by atoms with Crippen molar-refractivity contribution in [2.24, 2.45) is 18.9 Å². The summed E-state index contributed by atoms with van der Waals surface area (Å²) in [4.78, 5) is 32.5. The van der Waals surface area contributed by atoms with Gasteiger partial charge >= 0.3 is 6.09 Å². The number of rotatable bonds is 8. The zero-order valence-corrected chi connectivity index (χ0v) is 24.8. The largest absolute Gasteiger partial charge is 0.494 e. The Morgan fingerprint density at radius 3 is 2.68 bits per heavy atom. The normalized spacial score (nSPS) is 21.0. The lowest BCUT2D eigenvalue weighted by Gasteiger charge is -2.27. The summed E-state index contributed by atoms with van der Waals surface area (Å²) in [5.41, 5.74) is 5.24. The van der Waals surface area contributed by atoms with Gasteiger partial charge in [0.05, 0.1) is 43.1 Å². The van der Waals surface area contributed by atoms with E-state index in [9.17, 15) is 14.7 Å². The summed E-state index contributed by atoms with van der Waals surface area (Å²) in [6, 6.07) is 14.0. The van der Waals surface area contributed by atoms with Crippen LogP contribution in [0.4, 0.5) is 4.79 Å². The van der Waals surface area contributed by atoms with Gasteiger partial charge < -0.3 is 29.2 Å². The molecule has 4 heterocycles. The van der Waals surface area contributed by atoms with Crippen LogP contribution in [-0.2, 0) is 20.1 Å². The Morgan fingerprint density at radius 1 is 1.09 bits per heavy atom. The van der Waals surface area contributed by atoms with Crippen molar-refractivity contribution >= 4 is 33.9 Å². The number of hydrogen-bond acceptors (Lipinski definition) is 5. The number of likely N-dealkylation sites (tertiary alicyclic amines) is 1. The molecule has 2 aromatic carbocycles. The van der Waals surface area contributed by atoms with Crippen LogP contribution < -0.4 is 10.1 Å². The molecule has 3 aliphatic rings. The highest BCUT2D eigenvalue weighted by Gasteiger charge is 2.49. The molecular weight excluding hydrogens is 558 g/mol. The number of para-hydroxylation sites is 1. The summed E-state index contributed by atoms with van der Waals surface area (Å²) in [6.45, 7) is 2.01. The summed E-state index contributed by atoms with van der Waals surface area (Å²) >= 11 is 0. The fraction of sp³-hybridized carbons (Fsp3) is 0.394. The SMILES string of the molecule is COc1cc(C(=O)N2C[C@H]3CC[C@@H]2[C@@H]3NC(=O)O)cc2nc(-c3cc4ccccc4n3CC3CC3)n(Cc3cnn(C)c3)c12. The molecule has 1 saturated heterocycles. The van der Waals surface area contributed by atoms with Crippen LogP contribution in [0, 0.1) is 11.8 Å². The Kier molecular flexibility index (Phi) is 6.18. The van der Waals surface area contributed by atoms with Gasteiger partial charge in [0.2, 0.25) is 0 Å². The van der Waals surface area contributed by atoms with E-state index in [-0.39, 0.29) is 23.9 Å². The topological polar surface area (TPSA) is 119 Å². The second-order valence-corrected chi connectivity index (χ2v) is 12.6. The molecule has 11 heteroatoms. The van der Waals surface area contributed by atoms with Crippen molar-refractivity contribution in [2.45, 2.75) is 50.9 Å². The highest BCUT2D eigenvalue weighted by molar-refractivity contribution is 6.00. The Labute approximate surface area is 254 Å². The molecule has 2 aliphatic carbocycles. The quantitative estimate of drug-likeness (QED) is 0.269. The highest BCUT2D eigenvalue weighted by atomic mass is 16.5. The van der Waals surface area contributed by atoms with Crippen LogP contribution in [0.3, 0.4) is 0 Å². The number of amides is 2. The summed E-state index contributed by atoms with van der Waals surface area (Å²) in [7, 11) is 3.53. The molecule has 3 fully saturated rings. The number of carbonyl (C=O) groups is 2. The van der Waals surface area contributed by atoms with Crippen molar-refractivity contribution in [3.8, 4) is 17.3 Å². The van der Waals surface area contributed by atoms with Crippen molar-refractivity contribution in [3.63, 3.8) is 0 Å². The molecule has 8 rings (SSSR count). The zero-order valence-electron chi connectivity index (χ0n) is 24.8. The van der Waals surface area contributed by atoms with Crippen molar-refractivity contribution < 1.29 is 19.4 Å². The number of fused-ring (bicyclic) bond motifs is 4. The van der Waals surface area contributed by atoms with E-state index < -0.39 is 6.09 Å². The number of aromatic nitrogens is 5. The molecule has 3 aromatic heterocycles. The van der Waals surface area contributed by atoms with Crippen molar-refractivity contribution in [3.05, 3.63) is 66.0 Å². The molecule has 2 bridgehead atoms. The second-order valence-electron chi connectivity index (χ2n) is 12.6. The third kappa shape index (κ3) is 4.40. The number of hydrogen-bond donors (Lipinski definition) is 2. The summed E-state index contributed by atoms with van der Waals surface area (Å²) in [5.74, 6) is 2.05. The van der Waals surface area contributed by atoms with Crippen molar-refractivity contribution in [2.75, 3.05) is 13.7 Å². The number of benzene rings is 2. The standard InChI is InChI=1S/C33H35N7O4/c1-37-15-20(14-34-37)17-40-30-24(35-31(40)27-12-21-5-3-4-6-25(21)38(27)16-19-7-8-19)11-23(13-28(30)44-2)32(41)39-18-22-9-10-26(39)29(22)36-33(42)43/h3-6,11-15,19,22,26,29,36H,7-10,16-18H2,1-2H3,(H,42,43)/t22-,26-,29-/m1/s1. The molecule has 0 radical (unpaired) electrons. The Hall–Kier alpha value is -4.80. The van der Waals surface area contributed by atoms with Gasteiger partial charge in [-0.25, -0.2) is 9.78 Å². The van der Waals surface area contributed by atoms with E-state index in [0.717, 1.165) is 42.0 Å². The van der Waals surface area contributed by atoms with E-state index in [0.29, 0.717) is 35.8 Å². The lowest BCUT2D eigenvalue weighted by atomic mass is 10.1. The van der Waals surface area contributed by atoms with Crippen molar-refractivity contribution in [1.29, 1.82) is 0 Å². The molecule has 0 spiro atoms. The van der Waals surface area contributed by atoms with E-state index in [1.54, 1.807) is 17.9 Å². The molecule has 2 saturated carbocycles. The Morgan fingerprint density at radius 2 is 1.93 bits per heavy atom. The molecule has 11 nitrogen and oxygen atoms in total. The maximum absolute atomic E-state index is 14.0. The van der Waals surface area contributed by atoms with Crippen LogP contribution in [-0.4, -0.2) is 71.6 Å². The Bertz CT molecular complexity index is 1930. The van der Waals surface area contributed by atoms with Gasteiger partial charge in [0, 0.05) is 48.4 Å². The molecule has 5 aromatic rings. The zero-order chi connectivity index (χ0) is 30.1. The fourth-order valence-electron chi connectivity index (χ4n) is 7.50. The van der Waals surface area contributed by atoms with Gasteiger partial charge in [0.25, 0.3) is 5.91 Å².